The van der Waals surface area contributed by atoms with Gasteiger partial charge in [-0.2, -0.15) is 0 Å². The van der Waals surface area contributed by atoms with Crippen molar-refractivity contribution in [3.8, 4) is 0 Å². The number of nitrogens with one attached hydrogen (secondary N) is 5. The van der Waals surface area contributed by atoms with Crippen LogP contribution in [-0.2, 0) is 38.3 Å². The molecule has 3 atom stereocenters. The lowest BCUT2D eigenvalue weighted by Gasteiger charge is -2.34. The van der Waals surface area contributed by atoms with Gasteiger partial charge in [-0.1, -0.05) is 0 Å². The van der Waals surface area contributed by atoms with Crippen LogP contribution in [0.5, 0.6) is 0 Å². The van der Waals surface area contributed by atoms with Gasteiger partial charge in [0.2, 0.25) is 35.4 Å². The quantitative estimate of drug-likeness (QED) is 0.193. The van der Waals surface area contributed by atoms with E-state index in [9.17, 15) is 33.6 Å². The number of methoxy groups -OCH3 is 1. The molecule has 40 heavy (non-hydrogen) atoms. The minimum Gasteiger partial charge on any atom is -0.467 e. The van der Waals surface area contributed by atoms with Crippen LogP contribution in [0.1, 0.15) is 75.2 Å². The fourth-order valence-electron chi connectivity index (χ4n) is 4.11. The number of carbonyl (C=O) groups excluding carboxylic acids is 7. The highest BCUT2D eigenvalue weighted by molar-refractivity contribution is 5.99. The van der Waals surface area contributed by atoms with Gasteiger partial charge < -0.3 is 36.2 Å². The first kappa shape index (κ1) is 34.3. The third-order valence-electron chi connectivity index (χ3n) is 6.49. The van der Waals surface area contributed by atoms with Crippen molar-refractivity contribution in [3.63, 3.8) is 0 Å². The highest BCUT2D eigenvalue weighted by atomic mass is 16.5. The molecule has 1 aliphatic heterocycles. The molecule has 0 bridgehead atoms. The Kier molecular flexibility index (Phi) is 11.2. The zero-order valence-corrected chi connectivity index (χ0v) is 25.1. The molecule has 0 saturated carbocycles. The third-order valence-corrected chi connectivity index (χ3v) is 6.49. The molecule has 5 N–H and O–H groups in total. The number of likely N-dealkylation sites (tertiary alicyclic amines) is 1. The highest BCUT2D eigenvalue weighted by Crippen LogP contribution is 2.22. The van der Waals surface area contributed by atoms with E-state index in [-0.39, 0.29) is 5.91 Å². The van der Waals surface area contributed by atoms with Crippen molar-refractivity contribution in [1.82, 2.24) is 31.5 Å². The van der Waals surface area contributed by atoms with Crippen molar-refractivity contribution in [2.75, 3.05) is 13.7 Å². The van der Waals surface area contributed by atoms with Crippen LogP contribution in [0.2, 0.25) is 0 Å². The first-order chi connectivity index (χ1) is 18.2. The monoisotopic (exact) mass is 568 g/mol. The standard InChI is InChI=1S/C26H44N6O8/c1-14(18(34)30-24(4,5)22(38)28-15(2)20(36)40-10)27-21(37)25(6,7)31-19(35)17-12-11-13-32(17)23(39)26(8,9)29-16(3)33/h14-15,17H,11-13H2,1-10H3,(H,27,37)(H,28,38)(H,29,33)(H,30,34)(H,31,35)/t14-,15-,17-/m0/s1. The molecule has 226 valence electrons. The van der Waals surface area contributed by atoms with Gasteiger partial charge in [0.1, 0.15) is 34.7 Å². The lowest BCUT2D eigenvalue weighted by atomic mass is 10.0. The molecule has 1 rings (SSSR count). The Morgan fingerprint density at radius 2 is 1.27 bits per heavy atom. The van der Waals surface area contributed by atoms with E-state index in [2.05, 4.69) is 31.3 Å². The first-order valence-electron chi connectivity index (χ1n) is 13.1. The number of amides is 6. The molecule has 14 nitrogen and oxygen atoms in total. The number of rotatable bonds is 11. The van der Waals surface area contributed by atoms with Gasteiger partial charge in [-0.15, -0.1) is 0 Å². The molecule has 0 aromatic carbocycles. The van der Waals surface area contributed by atoms with E-state index in [1.807, 2.05) is 0 Å². The Morgan fingerprint density at radius 3 is 1.77 bits per heavy atom. The summed E-state index contributed by atoms with van der Waals surface area (Å²) in [6, 6.07) is -2.85. The van der Waals surface area contributed by atoms with E-state index < -0.39 is 70.2 Å². The van der Waals surface area contributed by atoms with Crippen molar-refractivity contribution < 1.29 is 38.3 Å². The highest BCUT2D eigenvalue weighted by Gasteiger charge is 2.43. The summed E-state index contributed by atoms with van der Waals surface area (Å²) >= 11 is 0. The Balaban J connectivity index is 2.82. The van der Waals surface area contributed by atoms with Crippen molar-refractivity contribution in [2.24, 2.45) is 0 Å². The molecular formula is C26H44N6O8. The zero-order chi connectivity index (χ0) is 31.2. The first-order valence-corrected chi connectivity index (χ1v) is 13.1. The summed E-state index contributed by atoms with van der Waals surface area (Å²) in [6.45, 7) is 13.4. The van der Waals surface area contributed by atoms with E-state index in [4.69, 9.17) is 0 Å². The Morgan fingerprint density at radius 1 is 0.775 bits per heavy atom. The number of hydrogen-bond acceptors (Lipinski definition) is 8. The van der Waals surface area contributed by atoms with Crippen LogP contribution in [0.25, 0.3) is 0 Å². The maximum absolute atomic E-state index is 13.1. The fourth-order valence-corrected chi connectivity index (χ4v) is 4.11. The number of hydrogen-bond donors (Lipinski definition) is 5. The Hall–Kier alpha value is -3.71. The lowest BCUT2D eigenvalue weighted by molar-refractivity contribution is -0.145. The summed E-state index contributed by atoms with van der Waals surface area (Å²) in [6.07, 6.45) is 0.960. The van der Waals surface area contributed by atoms with Gasteiger partial charge in [0.15, 0.2) is 0 Å². The molecule has 0 aromatic rings. The average Bonchev–Trinajstić information content (AvgIpc) is 3.31. The van der Waals surface area contributed by atoms with Gasteiger partial charge in [-0.3, -0.25) is 28.8 Å². The largest absolute Gasteiger partial charge is 0.467 e. The van der Waals surface area contributed by atoms with Crippen LogP contribution in [0, 0.1) is 0 Å². The number of ether oxygens (including phenoxy) is 1. The van der Waals surface area contributed by atoms with Crippen molar-refractivity contribution in [2.45, 2.75) is 110 Å². The minimum atomic E-state index is -1.46. The Labute approximate surface area is 235 Å². The SMILES string of the molecule is COC(=O)[C@H](C)NC(=O)C(C)(C)NC(=O)[C@H](C)NC(=O)C(C)(C)NC(=O)[C@@H]1CCCN1C(=O)C(C)(C)NC(C)=O. The molecule has 1 fully saturated rings. The van der Waals surface area contributed by atoms with Crippen molar-refractivity contribution in [1.29, 1.82) is 0 Å². The zero-order valence-electron chi connectivity index (χ0n) is 25.1. The smallest absolute Gasteiger partial charge is 0.328 e. The minimum absolute atomic E-state index is 0.325. The van der Waals surface area contributed by atoms with Crippen LogP contribution in [0.4, 0.5) is 0 Å². The number of esters is 1. The normalized spacial score (nSPS) is 17.1. The van der Waals surface area contributed by atoms with Gasteiger partial charge in [-0.05, 0) is 68.2 Å². The molecule has 1 heterocycles. The molecule has 1 aliphatic rings. The summed E-state index contributed by atoms with van der Waals surface area (Å²) in [5.74, 6) is -3.97. The fraction of sp³-hybridized carbons (Fsp3) is 0.731. The molecule has 0 aliphatic carbocycles. The van der Waals surface area contributed by atoms with Gasteiger partial charge >= 0.3 is 5.97 Å². The molecule has 6 amide bonds. The summed E-state index contributed by atoms with van der Waals surface area (Å²) in [4.78, 5) is 89.0. The second kappa shape index (κ2) is 13.1. The van der Waals surface area contributed by atoms with Crippen LogP contribution in [0.15, 0.2) is 0 Å². The average molecular weight is 569 g/mol. The van der Waals surface area contributed by atoms with E-state index in [0.717, 1.165) is 0 Å². The number of nitrogens with zero attached hydrogens (tertiary/aromatic N) is 1. The van der Waals surface area contributed by atoms with Crippen molar-refractivity contribution in [3.05, 3.63) is 0 Å². The number of carbonyl (C=O) groups is 7. The van der Waals surface area contributed by atoms with Gasteiger partial charge in [0, 0.05) is 13.5 Å². The second-order valence-electron chi connectivity index (χ2n) is 11.6. The van der Waals surface area contributed by atoms with E-state index >= 15 is 0 Å². The molecule has 0 spiro atoms. The van der Waals surface area contributed by atoms with Crippen LogP contribution >= 0.6 is 0 Å². The van der Waals surface area contributed by atoms with Gasteiger partial charge in [-0.25, -0.2) is 4.79 Å². The topological polar surface area (TPSA) is 192 Å². The summed E-state index contributed by atoms with van der Waals surface area (Å²) < 4.78 is 4.57. The van der Waals surface area contributed by atoms with Gasteiger partial charge in [0.25, 0.3) is 0 Å². The van der Waals surface area contributed by atoms with Crippen LogP contribution < -0.4 is 26.6 Å². The second-order valence-corrected chi connectivity index (χ2v) is 11.6. The van der Waals surface area contributed by atoms with E-state index in [1.165, 1.54) is 60.5 Å². The van der Waals surface area contributed by atoms with Gasteiger partial charge in [0.05, 0.1) is 7.11 Å². The van der Waals surface area contributed by atoms with E-state index in [1.54, 1.807) is 13.8 Å². The summed E-state index contributed by atoms with van der Waals surface area (Å²) in [5.41, 5.74) is -4.10. The lowest BCUT2D eigenvalue weighted by Crippen LogP contribution is -2.64. The van der Waals surface area contributed by atoms with Crippen LogP contribution in [-0.4, -0.2) is 94.7 Å². The maximum atomic E-state index is 13.1. The molecule has 14 heteroatoms. The summed E-state index contributed by atoms with van der Waals surface area (Å²) in [7, 11) is 1.18. The molecule has 0 aromatic heterocycles. The maximum Gasteiger partial charge on any atom is 0.328 e. The third kappa shape index (κ3) is 8.91. The predicted octanol–water partition coefficient (Wildman–Crippen LogP) is -1.14. The Bertz CT molecular complexity index is 1040. The van der Waals surface area contributed by atoms with E-state index in [0.29, 0.717) is 19.4 Å². The van der Waals surface area contributed by atoms with Crippen LogP contribution in [0.3, 0.4) is 0 Å². The van der Waals surface area contributed by atoms with Crippen molar-refractivity contribution >= 4 is 41.4 Å². The molecular weight excluding hydrogens is 524 g/mol. The molecule has 0 unspecified atom stereocenters. The summed E-state index contributed by atoms with van der Waals surface area (Å²) in [5, 5.41) is 12.7. The predicted molar refractivity (Wildman–Crippen MR) is 144 cm³/mol. The molecule has 1 saturated heterocycles. The molecule has 0 radical (unpaired) electrons.